The molecule has 0 bridgehead atoms. The summed E-state index contributed by atoms with van der Waals surface area (Å²) in [6.07, 6.45) is 2.13. The summed E-state index contributed by atoms with van der Waals surface area (Å²) in [4.78, 5) is 0.0861. The number of piperidine rings is 1. The van der Waals surface area contributed by atoms with E-state index in [2.05, 4.69) is 0 Å². The monoisotopic (exact) mass is 322 g/mol. The van der Waals surface area contributed by atoms with Gasteiger partial charge in [-0.25, -0.2) is 8.42 Å². The Kier molecular flexibility index (Phi) is 4.90. The highest BCUT2D eigenvalue weighted by Crippen LogP contribution is 2.36. The van der Waals surface area contributed by atoms with E-state index in [9.17, 15) is 18.8 Å². The number of hydrogen-bond donors (Lipinski definition) is 1. The highest BCUT2D eigenvalue weighted by molar-refractivity contribution is 7.89. The number of rotatable bonds is 4. The molecule has 1 aliphatic heterocycles. The molecule has 6 heteroatoms. The maximum absolute atomic E-state index is 12.8. The number of nitrogens with zero attached hydrogens (tertiary/aromatic N) is 2. The minimum absolute atomic E-state index is 0.0861. The minimum Gasteiger partial charge on any atom is -0.396 e. The average molecular weight is 322 g/mol. The van der Waals surface area contributed by atoms with Crippen LogP contribution in [0.15, 0.2) is 23.1 Å². The van der Waals surface area contributed by atoms with Gasteiger partial charge in [-0.05, 0) is 43.2 Å². The standard InChI is InChI=1S/C16H22N2O3S/c1-3-16(12-19)7-9-18(10-8-16)22(20,21)15-6-4-5-13(2)14(15)11-17/h4-6,19H,3,7-10,12H2,1-2H3. The van der Waals surface area contributed by atoms with Gasteiger partial charge < -0.3 is 5.11 Å². The second-order valence-electron chi connectivity index (χ2n) is 5.98. The zero-order chi connectivity index (χ0) is 16.4. The molecule has 0 atom stereocenters. The lowest BCUT2D eigenvalue weighted by Crippen LogP contribution is -2.44. The van der Waals surface area contributed by atoms with Crippen LogP contribution < -0.4 is 0 Å². The van der Waals surface area contributed by atoms with Gasteiger partial charge in [0.15, 0.2) is 0 Å². The summed E-state index contributed by atoms with van der Waals surface area (Å²) in [5.74, 6) is 0. The van der Waals surface area contributed by atoms with Gasteiger partial charge in [0, 0.05) is 19.7 Å². The normalized spacial score (nSPS) is 18.8. The number of benzene rings is 1. The summed E-state index contributed by atoms with van der Waals surface area (Å²) in [5, 5.41) is 18.8. The number of nitriles is 1. The predicted octanol–water partition coefficient (Wildman–Crippen LogP) is 2.04. The van der Waals surface area contributed by atoms with E-state index in [0.717, 1.165) is 6.42 Å². The maximum Gasteiger partial charge on any atom is 0.244 e. The van der Waals surface area contributed by atoms with Crippen molar-refractivity contribution in [1.82, 2.24) is 4.31 Å². The lowest BCUT2D eigenvalue weighted by Gasteiger charge is -2.39. The second-order valence-corrected chi connectivity index (χ2v) is 7.88. The fourth-order valence-corrected chi connectivity index (χ4v) is 4.62. The minimum atomic E-state index is -3.66. The molecule has 0 saturated carbocycles. The van der Waals surface area contributed by atoms with Gasteiger partial charge in [0.25, 0.3) is 0 Å². The van der Waals surface area contributed by atoms with Crippen LogP contribution in [0.4, 0.5) is 0 Å². The second kappa shape index (κ2) is 6.37. The van der Waals surface area contributed by atoms with Crippen molar-refractivity contribution in [2.24, 2.45) is 5.41 Å². The van der Waals surface area contributed by atoms with Gasteiger partial charge in [-0.2, -0.15) is 9.57 Å². The molecule has 5 nitrogen and oxygen atoms in total. The van der Waals surface area contributed by atoms with Gasteiger partial charge >= 0.3 is 0 Å². The van der Waals surface area contributed by atoms with E-state index in [0.29, 0.717) is 31.5 Å². The Balaban J connectivity index is 2.31. The molecule has 1 fully saturated rings. The molecule has 0 unspecified atom stereocenters. The van der Waals surface area contributed by atoms with Crippen molar-refractivity contribution < 1.29 is 13.5 Å². The van der Waals surface area contributed by atoms with E-state index < -0.39 is 10.0 Å². The Hall–Kier alpha value is -1.42. The van der Waals surface area contributed by atoms with Gasteiger partial charge in [0.1, 0.15) is 11.0 Å². The molecule has 0 radical (unpaired) electrons. The Bertz CT molecular complexity index is 678. The van der Waals surface area contributed by atoms with Crippen LogP contribution in [0, 0.1) is 23.7 Å². The quantitative estimate of drug-likeness (QED) is 0.919. The van der Waals surface area contributed by atoms with Crippen LogP contribution in [0.3, 0.4) is 0 Å². The number of aliphatic hydroxyl groups is 1. The first kappa shape index (κ1) is 16.9. The van der Waals surface area contributed by atoms with Crippen molar-refractivity contribution in [2.75, 3.05) is 19.7 Å². The fourth-order valence-electron chi connectivity index (χ4n) is 2.96. The third-order valence-corrected chi connectivity index (χ3v) is 6.77. The van der Waals surface area contributed by atoms with Crippen LogP contribution in [0.25, 0.3) is 0 Å². The molecule has 1 aliphatic rings. The summed E-state index contributed by atoms with van der Waals surface area (Å²) >= 11 is 0. The van der Waals surface area contributed by atoms with Gasteiger partial charge in [-0.1, -0.05) is 19.1 Å². The van der Waals surface area contributed by atoms with Crippen LogP contribution in [-0.2, 0) is 10.0 Å². The van der Waals surface area contributed by atoms with Crippen molar-refractivity contribution in [1.29, 1.82) is 5.26 Å². The molecule has 22 heavy (non-hydrogen) atoms. The highest BCUT2D eigenvalue weighted by atomic mass is 32.2. The molecule has 2 rings (SSSR count). The zero-order valence-corrected chi connectivity index (χ0v) is 13.9. The molecule has 0 spiro atoms. The van der Waals surface area contributed by atoms with Gasteiger partial charge in [-0.3, -0.25) is 0 Å². The van der Waals surface area contributed by atoms with Crippen molar-refractivity contribution in [3.8, 4) is 6.07 Å². The van der Waals surface area contributed by atoms with E-state index in [1.165, 1.54) is 10.4 Å². The molecular weight excluding hydrogens is 300 g/mol. The molecular formula is C16H22N2O3S. The van der Waals surface area contributed by atoms with Crippen molar-refractivity contribution in [2.45, 2.75) is 38.0 Å². The smallest absolute Gasteiger partial charge is 0.244 e. The van der Waals surface area contributed by atoms with Crippen LogP contribution in [0.1, 0.15) is 37.3 Å². The topological polar surface area (TPSA) is 81.4 Å². The largest absolute Gasteiger partial charge is 0.396 e. The predicted molar refractivity (Wildman–Crippen MR) is 83.7 cm³/mol. The fraction of sp³-hybridized carbons (Fsp3) is 0.562. The van der Waals surface area contributed by atoms with Crippen LogP contribution in [0.5, 0.6) is 0 Å². The third kappa shape index (κ3) is 2.89. The number of aryl methyl sites for hydroxylation is 1. The van der Waals surface area contributed by atoms with E-state index in [1.54, 1.807) is 19.1 Å². The van der Waals surface area contributed by atoms with Crippen LogP contribution in [-0.4, -0.2) is 37.5 Å². The number of aliphatic hydroxyl groups excluding tert-OH is 1. The van der Waals surface area contributed by atoms with Crippen LogP contribution in [0.2, 0.25) is 0 Å². The van der Waals surface area contributed by atoms with Gasteiger partial charge in [0.05, 0.1) is 5.56 Å². The summed E-state index contributed by atoms with van der Waals surface area (Å²) in [6, 6.07) is 6.90. The van der Waals surface area contributed by atoms with Gasteiger partial charge in [-0.15, -0.1) is 0 Å². The molecule has 0 aromatic heterocycles. The molecule has 1 N–H and O–H groups in total. The molecule has 0 aliphatic carbocycles. The first-order valence-corrected chi connectivity index (χ1v) is 8.95. The first-order valence-electron chi connectivity index (χ1n) is 7.51. The van der Waals surface area contributed by atoms with E-state index in [4.69, 9.17) is 0 Å². The van der Waals surface area contributed by atoms with Crippen molar-refractivity contribution >= 4 is 10.0 Å². The SMILES string of the molecule is CCC1(CO)CCN(S(=O)(=O)c2cccc(C)c2C#N)CC1. The molecule has 1 aromatic rings. The van der Waals surface area contributed by atoms with Crippen molar-refractivity contribution in [3.63, 3.8) is 0 Å². The average Bonchev–Trinajstić information content (AvgIpc) is 2.54. The Morgan fingerprint density at radius 3 is 2.50 bits per heavy atom. The molecule has 1 aromatic carbocycles. The Labute approximate surface area is 132 Å². The van der Waals surface area contributed by atoms with Crippen LogP contribution >= 0.6 is 0 Å². The Morgan fingerprint density at radius 1 is 1.36 bits per heavy atom. The summed E-state index contributed by atoms with van der Waals surface area (Å²) in [7, 11) is -3.66. The van der Waals surface area contributed by atoms with E-state index in [1.807, 2.05) is 13.0 Å². The van der Waals surface area contributed by atoms with Gasteiger partial charge in [0.2, 0.25) is 10.0 Å². The molecule has 0 amide bonds. The van der Waals surface area contributed by atoms with Crippen molar-refractivity contribution in [3.05, 3.63) is 29.3 Å². The number of hydrogen-bond acceptors (Lipinski definition) is 4. The highest BCUT2D eigenvalue weighted by Gasteiger charge is 2.37. The van der Waals surface area contributed by atoms with E-state index in [-0.39, 0.29) is 22.5 Å². The molecule has 120 valence electrons. The summed E-state index contributed by atoms with van der Waals surface area (Å²) in [5.41, 5.74) is 0.715. The van der Waals surface area contributed by atoms with E-state index >= 15 is 0 Å². The summed E-state index contributed by atoms with van der Waals surface area (Å²) < 4.78 is 27.1. The lowest BCUT2D eigenvalue weighted by molar-refractivity contribution is 0.0647. The molecule has 1 saturated heterocycles. The molecule has 1 heterocycles. The summed E-state index contributed by atoms with van der Waals surface area (Å²) in [6.45, 7) is 4.62. The first-order chi connectivity index (χ1) is 10.4. The zero-order valence-electron chi connectivity index (χ0n) is 13.0. The maximum atomic E-state index is 12.8. The Morgan fingerprint density at radius 2 is 2.00 bits per heavy atom. The lowest BCUT2D eigenvalue weighted by atomic mass is 9.77. The third-order valence-electron chi connectivity index (χ3n) is 4.83. The number of sulfonamides is 1.